The molecule has 1 unspecified atom stereocenters. The van der Waals surface area contributed by atoms with Gasteiger partial charge < -0.3 is 20.1 Å². The minimum atomic E-state index is -0.323. The van der Waals surface area contributed by atoms with Crippen LogP contribution in [-0.2, 0) is 9.53 Å². The maximum absolute atomic E-state index is 12.1. The first kappa shape index (κ1) is 16.3. The Bertz CT molecular complexity index is 513. The van der Waals surface area contributed by atoms with Crippen molar-refractivity contribution in [3.8, 4) is 5.75 Å². The summed E-state index contributed by atoms with van der Waals surface area (Å²) in [7, 11) is 0. The van der Waals surface area contributed by atoms with E-state index in [4.69, 9.17) is 9.47 Å². The van der Waals surface area contributed by atoms with Crippen molar-refractivity contribution in [3.05, 3.63) is 29.8 Å². The third-order valence-corrected chi connectivity index (χ3v) is 3.39. The highest BCUT2D eigenvalue weighted by Gasteiger charge is 2.17. The molecule has 1 atom stereocenters. The molecule has 6 nitrogen and oxygen atoms in total. The van der Waals surface area contributed by atoms with Gasteiger partial charge in [0.2, 0.25) is 5.91 Å². The maximum Gasteiger partial charge on any atom is 0.255 e. The second kappa shape index (κ2) is 8.38. The van der Waals surface area contributed by atoms with Crippen molar-refractivity contribution < 1.29 is 19.1 Å². The number of hydrogen-bond acceptors (Lipinski definition) is 4. The molecule has 2 amide bonds. The summed E-state index contributed by atoms with van der Waals surface area (Å²) in [6.45, 7) is 3.52. The van der Waals surface area contributed by atoms with Crippen LogP contribution in [0.1, 0.15) is 30.1 Å². The minimum Gasteiger partial charge on any atom is -0.493 e. The van der Waals surface area contributed by atoms with Crippen LogP contribution in [0.25, 0.3) is 0 Å². The molecule has 1 saturated heterocycles. The van der Waals surface area contributed by atoms with E-state index in [0.29, 0.717) is 24.5 Å². The van der Waals surface area contributed by atoms with Crippen molar-refractivity contribution in [2.24, 2.45) is 0 Å². The molecule has 1 aliphatic rings. The molecule has 1 fully saturated rings. The van der Waals surface area contributed by atoms with Gasteiger partial charge in [0.05, 0.1) is 24.8 Å². The number of nitrogens with one attached hydrogen (secondary N) is 2. The van der Waals surface area contributed by atoms with Gasteiger partial charge in [-0.2, -0.15) is 0 Å². The largest absolute Gasteiger partial charge is 0.493 e. The van der Waals surface area contributed by atoms with Crippen molar-refractivity contribution in [1.82, 2.24) is 10.6 Å². The normalized spacial score (nSPS) is 17.0. The average Bonchev–Trinajstić information content (AvgIpc) is 3.05. The van der Waals surface area contributed by atoms with Crippen LogP contribution in [0.5, 0.6) is 5.75 Å². The summed E-state index contributed by atoms with van der Waals surface area (Å²) in [5.74, 6) is -0.0312. The Morgan fingerprint density at radius 2 is 2.14 bits per heavy atom. The van der Waals surface area contributed by atoms with Crippen molar-refractivity contribution in [1.29, 1.82) is 0 Å². The Labute approximate surface area is 130 Å². The molecule has 0 radical (unpaired) electrons. The van der Waals surface area contributed by atoms with Crippen LogP contribution in [0.4, 0.5) is 0 Å². The summed E-state index contributed by atoms with van der Waals surface area (Å²) in [5, 5.41) is 5.36. The van der Waals surface area contributed by atoms with Crippen LogP contribution in [0.3, 0.4) is 0 Å². The van der Waals surface area contributed by atoms with E-state index in [1.165, 1.54) is 0 Å². The number of ether oxygens (including phenoxy) is 2. The zero-order chi connectivity index (χ0) is 15.8. The van der Waals surface area contributed by atoms with E-state index in [9.17, 15) is 9.59 Å². The van der Waals surface area contributed by atoms with Gasteiger partial charge in [0.25, 0.3) is 5.91 Å². The van der Waals surface area contributed by atoms with Gasteiger partial charge in [-0.25, -0.2) is 0 Å². The standard InChI is InChI=1S/C16H22N2O4/c1-2-21-14-8-4-3-7-13(14)16(20)18-11-15(19)17-10-12-6-5-9-22-12/h3-4,7-8,12H,2,5-6,9-11H2,1H3,(H,17,19)(H,18,20). The molecule has 0 aromatic heterocycles. The first-order valence-electron chi connectivity index (χ1n) is 7.59. The zero-order valence-electron chi connectivity index (χ0n) is 12.8. The SMILES string of the molecule is CCOc1ccccc1C(=O)NCC(=O)NCC1CCCO1. The van der Waals surface area contributed by atoms with Gasteiger partial charge in [0.15, 0.2) is 0 Å². The van der Waals surface area contributed by atoms with E-state index < -0.39 is 0 Å². The third kappa shape index (κ3) is 4.73. The molecule has 120 valence electrons. The molecular weight excluding hydrogens is 284 g/mol. The Morgan fingerprint density at radius 3 is 2.86 bits per heavy atom. The van der Waals surface area contributed by atoms with Crippen LogP contribution in [0.2, 0.25) is 0 Å². The van der Waals surface area contributed by atoms with Gasteiger partial charge >= 0.3 is 0 Å². The van der Waals surface area contributed by atoms with Crippen molar-refractivity contribution >= 4 is 11.8 Å². The van der Waals surface area contributed by atoms with Crippen LogP contribution < -0.4 is 15.4 Å². The topological polar surface area (TPSA) is 76.7 Å². The molecule has 0 bridgehead atoms. The van der Waals surface area contributed by atoms with E-state index in [1.54, 1.807) is 24.3 Å². The molecule has 22 heavy (non-hydrogen) atoms. The Morgan fingerprint density at radius 1 is 1.32 bits per heavy atom. The third-order valence-electron chi connectivity index (χ3n) is 3.39. The van der Waals surface area contributed by atoms with E-state index in [2.05, 4.69) is 10.6 Å². The average molecular weight is 306 g/mol. The molecular formula is C16H22N2O4. The van der Waals surface area contributed by atoms with Crippen LogP contribution in [0, 0.1) is 0 Å². The summed E-state index contributed by atoms with van der Waals surface area (Å²) in [4.78, 5) is 23.8. The van der Waals surface area contributed by atoms with Crippen LogP contribution in [0.15, 0.2) is 24.3 Å². The molecule has 1 heterocycles. The lowest BCUT2D eigenvalue weighted by Gasteiger charge is -2.12. The predicted octanol–water partition coefficient (Wildman–Crippen LogP) is 1.11. The van der Waals surface area contributed by atoms with E-state index in [0.717, 1.165) is 19.4 Å². The maximum atomic E-state index is 12.1. The fourth-order valence-electron chi connectivity index (χ4n) is 2.29. The lowest BCUT2D eigenvalue weighted by atomic mass is 10.2. The molecule has 0 spiro atoms. The number of carbonyl (C=O) groups is 2. The van der Waals surface area contributed by atoms with E-state index >= 15 is 0 Å². The number of amides is 2. The first-order valence-corrected chi connectivity index (χ1v) is 7.59. The van der Waals surface area contributed by atoms with Gasteiger partial charge in [-0.05, 0) is 31.9 Å². The predicted molar refractivity (Wildman–Crippen MR) is 81.9 cm³/mol. The minimum absolute atomic E-state index is 0.0635. The smallest absolute Gasteiger partial charge is 0.255 e. The number of hydrogen-bond donors (Lipinski definition) is 2. The molecule has 1 aromatic carbocycles. The number of benzene rings is 1. The highest BCUT2D eigenvalue weighted by atomic mass is 16.5. The quantitative estimate of drug-likeness (QED) is 0.791. The first-order chi connectivity index (χ1) is 10.7. The molecule has 6 heteroatoms. The van der Waals surface area contributed by atoms with Gasteiger partial charge in [-0.3, -0.25) is 9.59 Å². The van der Waals surface area contributed by atoms with Gasteiger partial charge in [0.1, 0.15) is 5.75 Å². The number of carbonyl (C=O) groups excluding carboxylic acids is 2. The molecule has 0 aliphatic carbocycles. The van der Waals surface area contributed by atoms with Crippen LogP contribution >= 0.6 is 0 Å². The highest BCUT2D eigenvalue weighted by Crippen LogP contribution is 2.17. The lowest BCUT2D eigenvalue weighted by Crippen LogP contribution is -2.40. The van der Waals surface area contributed by atoms with Gasteiger partial charge in [-0.15, -0.1) is 0 Å². The Hall–Kier alpha value is -2.08. The number of rotatable bonds is 7. The fraction of sp³-hybridized carbons (Fsp3) is 0.500. The highest BCUT2D eigenvalue weighted by molar-refractivity contribution is 5.98. The van der Waals surface area contributed by atoms with Gasteiger partial charge in [0, 0.05) is 13.2 Å². The van der Waals surface area contributed by atoms with E-state index in [-0.39, 0.29) is 24.5 Å². The monoisotopic (exact) mass is 306 g/mol. The molecule has 2 N–H and O–H groups in total. The van der Waals surface area contributed by atoms with Crippen molar-refractivity contribution in [3.63, 3.8) is 0 Å². The summed E-state index contributed by atoms with van der Waals surface area (Å²) < 4.78 is 10.8. The Balaban J connectivity index is 1.78. The summed E-state index contributed by atoms with van der Waals surface area (Å²) >= 11 is 0. The summed E-state index contributed by atoms with van der Waals surface area (Å²) in [5.41, 5.74) is 0.427. The van der Waals surface area contributed by atoms with Gasteiger partial charge in [-0.1, -0.05) is 12.1 Å². The number of para-hydroxylation sites is 1. The molecule has 0 saturated carbocycles. The lowest BCUT2D eigenvalue weighted by molar-refractivity contribution is -0.120. The summed E-state index contributed by atoms with van der Waals surface area (Å²) in [6, 6.07) is 6.96. The second-order valence-electron chi connectivity index (χ2n) is 5.05. The van der Waals surface area contributed by atoms with Crippen LogP contribution in [-0.4, -0.2) is 44.2 Å². The molecule has 2 rings (SSSR count). The summed E-state index contributed by atoms with van der Waals surface area (Å²) in [6.07, 6.45) is 2.10. The van der Waals surface area contributed by atoms with E-state index in [1.807, 2.05) is 6.92 Å². The zero-order valence-corrected chi connectivity index (χ0v) is 12.8. The molecule has 1 aliphatic heterocycles. The van der Waals surface area contributed by atoms with Crippen molar-refractivity contribution in [2.45, 2.75) is 25.9 Å². The molecule has 1 aromatic rings. The fourth-order valence-corrected chi connectivity index (χ4v) is 2.29. The Kier molecular flexibility index (Phi) is 6.21. The van der Waals surface area contributed by atoms with Crippen molar-refractivity contribution in [2.75, 3.05) is 26.3 Å². The second-order valence-corrected chi connectivity index (χ2v) is 5.05.